The lowest BCUT2D eigenvalue weighted by Crippen LogP contribution is -2.26. The Balaban J connectivity index is 2.06. The lowest BCUT2D eigenvalue weighted by molar-refractivity contribution is 0.0785. The van der Waals surface area contributed by atoms with Crippen LogP contribution in [0.4, 0.5) is 5.69 Å². The summed E-state index contributed by atoms with van der Waals surface area (Å²) in [7, 11) is 1.81. The minimum Gasteiger partial charge on any atom is -0.399 e. The summed E-state index contributed by atoms with van der Waals surface area (Å²) in [5, 5.41) is 0. The molecule has 0 radical (unpaired) electrons. The quantitative estimate of drug-likeness (QED) is 0.870. The van der Waals surface area contributed by atoms with E-state index in [0.29, 0.717) is 12.5 Å². The fourth-order valence-electron chi connectivity index (χ4n) is 2.20. The minimum atomic E-state index is 0.0298. The predicted molar refractivity (Wildman–Crippen MR) is 87.2 cm³/mol. The van der Waals surface area contributed by atoms with E-state index in [1.54, 1.807) is 4.90 Å². The van der Waals surface area contributed by atoms with Crippen LogP contribution in [0.25, 0.3) is 0 Å². The zero-order valence-electron chi connectivity index (χ0n) is 12.8. The van der Waals surface area contributed by atoms with Crippen molar-refractivity contribution in [2.24, 2.45) is 0 Å². The standard InChI is InChI=1S/C18H22N2O/c1-13(2)15-6-8-16(9-7-15)18(21)20(3)12-14-4-10-17(19)11-5-14/h4-11,13H,12,19H2,1-3H3. The Hall–Kier alpha value is -2.29. The molecule has 110 valence electrons. The second-order valence-corrected chi connectivity index (χ2v) is 5.68. The second kappa shape index (κ2) is 6.44. The van der Waals surface area contributed by atoms with Gasteiger partial charge in [0.15, 0.2) is 0 Å². The first-order chi connectivity index (χ1) is 9.97. The molecule has 0 aliphatic carbocycles. The molecule has 0 aliphatic rings. The molecule has 0 unspecified atom stereocenters. The molecule has 0 spiro atoms. The molecule has 0 aromatic heterocycles. The Morgan fingerprint density at radius 2 is 1.62 bits per heavy atom. The highest BCUT2D eigenvalue weighted by Gasteiger charge is 2.12. The van der Waals surface area contributed by atoms with Gasteiger partial charge in [-0.15, -0.1) is 0 Å². The number of nitrogens with zero attached hydrogens (tertiary/aromatic N) is 1. The average Bonchev–Trinajstić information content (AvgIpc) is 2.49. The second-order valence-electron chi connectivity index (χ2n) is 5.68. The highest BCUT2D eigenvalue weighted by atomic mass is 16.2. The van der Waals surface area contributed by atoms with E-state index in [-0.39, 0.29) is 5.91 Å². The number of rotatable bonds is 4. The van der Waals surface area contributed by atoms with Crippen LogP contribution in [0.5, 0.6) is 0 Å². The lowest BCUT2D eigenvalue weighted by atomic mass is 10.0. The van der Waals surface area contributed by atoms with Gasteiger partial charge in [0.25, 0.3) is 5.91 Å². The molecule has 1 amide bonds. The van der Waals surface area contributed by atoms with Crippen LogP contribution >= 0.6 is 0 Å². The predicted octanol–water partition coefficient (Wildman–Crippen LogP) is 3.66. The largest absolute Gasteiger partial charge is 0.399 e. The van der Waals surface area contributed by atoms with Crippen molar-refractivity contribution in [2.45, 2.75) is 26.3 Å². The third kappa shape index (κ3) is 3.85. The van der Waals surface area contributed by atoms with E-state index in [2.05, 4.69) is 13.8 Å². The Kier molecular flexibility index (Phi) is 4.63. The van der Waals surface area contributed by atoms with Crippen LogP contribution in [0, 0.1) is 0 Å². The zero-order chi connectivity index (χ0) is 15.4. The van der Waals surface area contributed by atoms with Gasteiger partial charge in [-0.05, 0) is 41.3 Å². The minimum absolute atomic E-state index is 0.0298. The SMILES string of the molecule is CC(C)c1ccc(C(=O)N(C)Cc2ccc(N)cc2)cc1. The van der Waals surface area contributed by atoms with E-state index in [4.69, 9.17) is 5.73 Å². The normalized spacial score (nSPS) is 10.7. The number of carbonyl (C=O) groups excluding carboxylic acids is 1. The van der Waals surface area contributed by atoms with Crippen molar-refractivity contribution in [2.75, 3.05) is 12.8 Å². The Labute approximate surface area is 126 Å². The summed E-state index contributed by atoms with van der Waals surface area (Å²) >= 11 is 0. The van der Waals surface area contributed by atoms with Crippen molar-refractivity contribution in [1.29, 1.82) is 0 Å². The molecule has 0 saturated heterocycles. The van der Waals surface area contributed by atoms with Gasteiger partial charge in [-0.25, -0.2) is 0 Å². The Morgan fingerprint density at radius 3 is 2.14 bits per heavy atom. The number of hydrogen-bond acceptors (Lipinski definition) is 2. The first-order valence-corrected chi connectivity index (χ1v) is 7.17. The summed E-state index contributed by atoms with van der Waals surface area (Å²) in [6.07, 6.45) is 0. The third-order valence-electron chi connectivity index (χ3n) is 3.57. The summed E-state index contributed by atoms with van der Waals surface area (Å²) in [5.41, 5.74) is 9.43. The maximum absolute atomic E-state index is 12.4. The van der Waals surface area contributed by atoms with Gasteiger partial charge < -0.3 is 10.6 Å². The van der Waals surface area contributed by atoms with E-state index < -0.39 is 0 Å². The Bertz CT molecular complexity index is 600. The van der Waals surface area contributed by atoms with Crippen molar-refractivity contribution in [3.05, 3.63) is 65.2 Å². The molecule has 3 nitrogen and oxygen atoms in total. The third-order valence-corrected chi connectivity index (χ3v) is 3.57. The molecule has 2 rings (SSSR count). The van der Waals surface area contributed by atoms with Gasteiger partial charge in [-0.1, -0.05) is 38.1 Å². The summed E-state index contributed by atoms with van der Waals surface area (Å²) < 4.78 is 0. The van der Waals surface area contributed by atoms with Gasteiger partial charge in [-0.2, -0.15) is 0 Å². The number of amides is 1. The molecule has 0 aliphatic heterocycles. The number of nitrogen functional groups attached to an aromatic ring is 1. The average molecular weight is 282 g/mol. The number of hydrogen-bond donors (Lipinski definition) is 1. The summed E-state index contributed by atoms with van der Waals surface area (Å²) in [5.74, 6) is 0.504. The van der Waals surface area contributed by atoms with Gasteiger partial charge in [0.05, 0.1) is 0 Å². The summed E-state index contributed by atoms with van der Waals surface area (Å²) in [4.78, 5) is 14.1. The van der Waals surface area contributed by atoms with Crippen LogP contribution in [0.3, 0.4) is 0 Å². The number of carbonyl (C=O) groups is 1. The highest BCUT2D eigenvalue weighted by molar-refractivity contribution is 5.94. The molecule has 21 heavy (non-hydrogen) atoms. The van der Waals surface area contributed by atoms with Crippen molar-refractivity contribution >= 4 is 11.6 Å². The van der Waals surface area contributed by atoms with Crippen LogP contribution in [0.15, 0.2) is 48.5 Å². The van der Waals surface area contributed by atoms with Crippen molar-refractivity contribution < 1.29 is 4.79 Å². The smallest absolute Gasteiger partial charge is 0.253 e. The van der Waals surface area contributed by atoms with E-state index in [1.165, 1.54) is 5.56 Å². The molecule has 3 heteroatoms. The van der Waals surface area contributed by atoms with Crippen LogP contribution in [-0.2, 0) is 6.54 Å². The van der Waals surface area contributed by atoms with Crippen LogP contribution in [-0.4, -0.2) is 17.9 Å². The highest BCUT2D eigenvalue weighted by Crippen LogP contribution is 2.16. The van der Waals surface area contributed by atoms with E-state index in [1.807, 2.05) is 55.6 Å². The topological polar surface area (TPSA) is 46.3 Å². The molecule has 0 bridgehead atoms. The molecule has 0 saturated carbocycles. The molecule has 2 aromatic rings. The number of anilines is 1. The molecule has 0 heterocycles. The lowest BCUT2D eigenvalue weighted by Gasteiger charge is -2.18. The van der Waals surface area contributed by atoms with Crippen LogP contribution in [0.1, 0.15) is 41.3 Å². The number of nitrogens with two attached hydrogens (primary N) is 1. The van der Waals surface area contributed by atoms with Crippen molar-refractivity contribution in [3.63, 3.8) is 0 Å². The summed E-state index contributed by atoms with van der Waals surface area (Å²) in [6.45, 7) is 4.86. The van der Waals surface area contributed by atoms with Gasteiger partial charge in [0, 0.05) is 24.8 Å². The van der Waals surface area contributed by atoms with Crippen molar-refractivity contribution in [3.8, 4) is 0 Å². The molecule has 2 N–H and O–H groups in total. The van der Waals surface area contributed by atoms with Gasteiger partial charge in [0.1, 0.15) is 0 Å². The van der Waals surface area contributed by atoms with Crippen molar-refractivity contribution in [1.82, 2.24) is 4.90 Å². The Morgan fingerprint density at radius 1 is 1.05 bits per heavy atom. The first-order valence-electron chi connectivity index (χ1n) is 7.17. The number of benzene rings is 2. The van der Waals surface area contributed by atoms with Crippen LogP contribution in [0.2, 0.25) is 0 Å². The fourth-order valence-corrected chi connectivity index (χ4v) is 2.20. The van der Waals surface area contributed by atoms with E-state index in [0.717, 1.165) is 16.8 Å². The molecular weight excluding hydrogens is 260 g/mol. The first kappa shape index (κ1) is 15.1. The molecule has 0 atom stereocenters. The maximum Gasteiger partial charge on any atom is 0.253 e. The monoisotopic (exact) mass is 282 g/mol. The van der Waals surface area contributed by atoms with E-state index in [9.17, 15) is 4.79 Å². The molecule has 0 fully saturated rings. The van der Waals surface area contributed by atoms with E-state index >= 15 is 0 Å². The maximum atomic E-state index is 12.4. The zero-order valence-corrected chi connectivity index (χ0v) is 12.8. The fraction of sp³-hybridized carbons (Fsp3) is 0.278. The van der Waals surface area contributed by atoms with Gasteiger partial charge >= 0.3 is 0 Å². The molecular formula is C18H22N2O. The van der Waals surface area contributed by atoms with Crippen LogP contribution < -0.4 is 5.73 Å². The molecule has 2 aromatic carbocycles. The summed E-state index contributed by atoms with van der Waals surface area (Å²) in [6, 6.07) is 15.4. The van der Waals surface area contributed by atoms with Gasteiger partial charge in [0.2, 0.25) is 0 Å². The van der Waals surface area contributed by atoms with Gasteiger partial charge in [-0.3, -0.25) is 4.79 Å².